The van der Waals surface area contributed by atoms with Gasteiger partial charge in [0.15, 0.2) is 0 Å². The predicted octanol–water partition coefficient (Wildman–Crippen LogP) is 4.79. The van der Waals surface area contributed by atoms with Gasteiger partial charge < -0.3 is 20.1 Å². The number of para-hydroxylation sites is 4. The predicted molar refractivity (Wildman–Crippen MR) is 101 cm³/mol. The van der Waals surface area contributed by atoms with E-state index in [1.54, 1.807) is 0 Å². The second-order valence-electron chi connectivity index (χ2n) is 5.48. The third kappa shape index (κ3) is 5.69. The third-order valence-corrected chi connectivity index (χ3v) is 3.59. The monoisotopic (exact) mass is 328 g/mol. The number of hydrogen-bond donors (Lipinski definition) is 2. The lowest BCUT2D eigenvalue weighted by Crippen LogP contribution is -2.15. The normalized spacial score (nSPS) is 10.2. The van der Waals surface area contributed by atoms with Crippen molar-refractivity contribution >= 4 is 11.4 Å². The molecule has 0 heterocycles. The van der Waals surface area contributed by atoms with Gasteiger partial charge in [-0.15, -0.1) is 0 Å². The molecule has 0 bridgehead atoms. The fourth-order valence-corrected chi connectivity index (χ4v) is 2.35. The minimum Gasteiger partial charge on any atom is -0.492 e. The second-order valence-corrected chi connectivity index (χ2v) is 5.48. The van der Waals surface area contributed by atoms with Gasteiger partial charge in [-0.3, -0.25) is 0 Å². The zero-order valence-electron chi connectivity index (χ0n) is 14.7. The van der Waals surface area contributed by atoms with Gasteiger partial charge in [-0.05, 0) is 37.6 Å². The third-order valence-electron chi connectivity index (χ3n) is 3.59. The lowest BCUT2D eigenvalue weighted by Gasteiger charge is -2.15. The molecule has 4 nitrogen and oxygen atoms in total. The molecule has 2 rings (SSSR count). The van der Waals surface area contributed by atoms with Crippen LogP contribution in [0.25, 0.3) is 0 Å². The molecule has 0 spiro atoms. The molecular weight excluding hydrogens is 300 g/mol. The van der Waals surface area contributed by atoms with Crippen LogP contribution in [-0.4, -0.2) is 26.3 Å². The lowest BCUT2D eigenvalue weighted by molar-refractivity contribution is 0.310. The van der Waals surface area contributed by atoms with Crippen LogP contribution in [0.4, 0.5) is 11.4 Å². The second kappa shape index (κ2) is 10.4. The summed E-state index contributed by atoms with van der Waals surface area (Å²) in [4.78, 5) is 0. The SMILES string of the molecule is CCCCOc1ccccc1NCCNc1ccccc1OCC. The van der Waals surface area contributed by atoms with Crippen LogP contribution in [0.3, 0.4) is 0 Å². The van der Waals surface area contributed by atoms with Crippen molar-refractivity contribution in [1.82, 2.24) is 0 Å². The van der Waals surface area contributed by atoms with E-state index in [1.807, 2.05) is 49.4 Å². The molecule has 0 aliphatic heterocycles. The van der Waals surface area contributed by atoms with Crippen molar-refractivity contribution in [2.45, 2.75) is 26.7 Å². The summed E-state index contributed by atoms with van der Waals surface area (Å²) < 4.78 is 11.5. The van der Waals surface area contributed by atoms with E-state index in [0.717, 1.165) is 55.4 Å². The fraction of sp³-hybridized carbons (Fsp3) is 0.400. The van der Waals surface area contributed by atoms with Crippen molar-refractivity contribution in [3.63, 3.8) is 0 Å². The molecule has 0 saturated carbocycles. The maximum atomic E-state index is 5.84. The van der Waals surface area contributed by atoms with Gasteiger partial charge in [0.1, 0.15) is 11.5 Å². The molecule has 4 heteroatoms. The number of benzene rings is 2. The zero-order valence-corrected chi connectivity index (χ0v) is 14.7. The molecule has 130 valence electrons. The van der Waals surface area contributed by atoms with Gasteiger partial charge in [0.05, 0.1) is 24.6 Å². The summed E-state index contributed by atoms with van der Waals surface area (Å²) in [5.41, 5.74) is 2.06. The molecule has 0 aromatic heterocycles. The Labute approximate surface area is 145 Å². The van der Waals surface area contributed by atoms with Crippen LogP contribution in [0, 0.1) is 0 Å². The summed E-state index contributed by atoms with van der Waals surface area (Å²) in [6.07, 6.45) is 2.21. The largest absolute Gasteiger partial charge is 0.492 e. The minimum absolute atomic E-state index is 0.666. The molecule has 0 fully saturated rings. The van der Waals surface area contributed by atoms with Crippen molar-refractivity contribution in [1.29, 1.82) is 0 Å². The van der Waals surface area contributed by atoms with E-state index in [9.17, 15) is 0 Å². The molecule has 0 atom stereocenters. The average Bonchev–Trinajstić information content (AvgIpc) is 2.61. The van der Waals surface area contributed by atoms with Crippen molar-refractivity contribution in [2.24, 2.45) is 0 Å². The zero-order chi connectivity index (χ0) is 17.0. The van der Waals surface area contributed by atoms with E-state index in [0.29, 0.717) is 6.61 Å². The standard InChI is InChI=1S/C20H28N2O2/c1-3-5-16-24-20-13-9-7-11-18(20)22-15-14-21-17-10-6-8-12-19(17)23-4-2/h6-13,21-22H,3-5,14-16H2,1-2H3. The van der Waals surface area contributed by atoms with Crippen LogP contribution in [0.5, 0.6) is 11.5 Å². The maximum Gasteiger partial charge on any atom is 0.142 e. The number of ether oxygens (including phenoxy) is 2. The summed E-state index contributed by atoms with van der Waals surface area (Å²) in [6, 6.07) is 16.1. The Bertz CT molecular complexity index is 602. The summed E-state index contributed by atoms with van der Waals surface area (Å²) in [6.45, 7) is 7.18. The Kier molecular flexibility index (Phi) is 7.81. The number of rotatable bonds is 11. The van der Waals surface area contributed by atoms with Crippen LogP contribution in [0.15, 0.2) is 48.5 Å². The number of nitrogens with one attached hydrogen (secondary N) is 2. The highest BCUT2D eigenvalue weighted by Crippen LogP contribution is 2.25. The molecule has 0 aliphatic rings. The molecule has 2 N–H and O–H groups in total. The molecule has 0 amide bonds. The Morgan fingerprint density at radius 1 is 0.750 bits per heavy atom. The molecule has 2 aromatic rings. The molecule has 0 saturated heterocycles. The first-order chi connectivity index (χ1) is 11.8. The van der Waals surface area contributed by atoms with Crippen LogP contribution in [-0.2, 0) is 0 Å². The van der Waals surface area contributed by atoms with Crippen LogP contribution >= 0.6 is 0 Å². The first-order valence-electron chi connectivity index (χ1n) is 8.76. The fourth-order valence-electron chi connectivity index (χ4n) is 2.35. The highest BCUT2D eigenvalue weighted by Gasteiger charge is 2.03. The number of hydrogen-bond acceptors (Lipinski definition) is 4. The van der Waals surface area contributed by atoms with Gasteiger partial charge >= 0.3 is 0 Å². The Morgan fingerprint density at radius 2 is 1.29 bits per heavy atom. The van der Waals surface area contributed by atoms with Gasteiger partial charge in [-0.25, -0.2) is 0 Å². The average molecular weight is 328 g/mol. The van der Waals surface area contributed by atoms with E-state index in [4.69, 9.17) is 9.47 Å². The highest BCUT2D eigenvalue weighted by atomic mass is 16.5. The van der Waals surface area contributed by atoms with Gasteiger partial charge in [0.2, 0.25) is 0 Å². The summed E-state index contributed by atoms with van der Waals surface area (Å²) in [5, 5.41) is 6.85. The van der Waals surface area contributed by atoms with Crippen LogP contribution in [0.1, 0.15) is 26.7 Å². The summed E-state index contributed by atoms with van der Waals surface area (Å²) in [5.74, 6) is 1.81. The van der Waals surface area contributed by atoms with Crippen molar-refractivity contribution in [2.75, 3.05) is 36.9 Å². The Morgan fingerprint density at radius 3 is 1.83 bits per heavy atom. The highest BCUT2D eigenvalue weighted by molar-refractivity contribution is 5.58. The molecule has 0 unspecified atom stereocenters. The first-order valence-corrected chi connectivity index (χ1v) is 8.76. The van der Waals surface area contributed by atoms with Gasteiger partial charge in [-0.2, -0.15) is 0 Å². The topological polar surface area (TPSA) is 42.5 Å². The molecular formula is C20H28N2O2. The van der Waals surface area contributed by atoms with Crippen LogP contribution in [0.2, 0.25) is 0 Å². The quantitative estimate of drug-likeness (QED) is 0.582. The van der Waals surface area contributed by atoms with E-state index < -0.39 is 0 Å². The summed E-state index contributed by atoms with van der Waals surface area (Å²) >= 11 is 0. The molecule has 0 aliphatic carbocycles. The van der Waals surface area contributed by atoms with Crippen molar-refractivity contribution in [3.05, 3.63) is 48.5 Å². The van der Waals surface area contributed by atoms with Gasteiger partial charge in [0, 0.05) is 13.1 Å². The minimum atomic E-state index is 0.666. The maximum absolute atomic E-state index is 5.84. The smallest absolute Gasteiger partial charge is 0.142 e. The van der Waals surface area contributed by atoms with Crippen LogP contribution < -0.4 is 20.1 Å². The number of anilines is 2. The molecule has 24 heavy (non-hydrogen) atoms. The summed E-state index contributed by atoms with van der Waals surface area (Å²) in [7, 11) is 0. The van der Waals surface area contributed by atoms with Crippen molar-refractivity contribution in [3.8, 4) is 11.5 Å². The van der Waals surface area contributed by atoms with Gasteiger partial charge in [0.25, 0.3) is 0 Å². The van der Waals surface area contributed by atoms with E-state index >= 15 is 0 Å². The van der Waals surface area contributed by atoms with E-state index in [1.165, 1.54) is 0 Å². The Hall–Kier alpha value is -2.36. The van der Waals surface area contributed by atoms with E-state index in [-0.39, 0.29) is 0 Å². The molecule has 0 radical (unpaired) electrons. The Balaban J connectivity index is 1.82. The van der Waals surface area contributed by atoms with Gasteiger partial charge in [-0.1, -0.05) is 37.6 Å². The van der Waals surface area contributed by atoms with Crippen molar-refractivity contribution < 1.29 is 9.47 Å². The number of unbranched alkanes of at least 4 members (excludes halogenated alkanes) is 1. The molecule has 2 aromatic carbocycles. The lowest BCUT2D eigenvalue weighted by atomic mass is 10.2. The van der Waals surface area contributed by atoms with E-state index in [2.05, 4.69) is 23.6 Å². The first kappa shape index (κ1) is 18.0.